The minimum Gasteiger partial charge on any atom is -0.467 e. The number of aromatic nitrogens is 2. The van der Waals surface area contributed by atoms with Crippen molar-refractivity contribution in [3.05, 3.63) is 35.4 Å². The zero-order valence-corrected chi connectivity index (χ0v) is 10.6. The molecule has 2 aromatic heterocycles. The van der Waals surface area contributed by atoms with E-state index in [0.29, 0.717) is 17.9 Å². The van der Waals surface area contributed by atoms with E-state index < -0.39 is 5.97 Å². The van der Waals surface area contributed by atoms with Gasteiger partial charge in [-0.05, 0) is 13.0 Å². The number of methoxy groups -OCH3 is 1. The Balaban J connectivity index is 1.98. The molecule has 0 fully saturated rings. The van der Waals surface area contributed by atoms with Crippen LogP contribution < -0.4 is 5.32 Å². The summed E-state index contributed by atoms with van der Waals surface area (Å²) in [5.74, 6) is 1.02. The van der Waals surface area contributed by atoms with Crippen LogP contribution in [0.15, 0.2) is 22.8 Å². The van der Waals surface area contributed by atoms with Gasteiger partial charge in [-0.1, -0.05) is 0 Å². The molecule has 96 valence electrons. The summed E-state index contributed by atoms with van der Waals surface area (Å²) < 4.78 is 11.6. The van der Waals surface area contributed by atoms with Crippen LogP contribution in [0, 0.1) is 6.92 Å². The third-order valence-corrected chi connectivity index (χ3v) is 2.63. The number of esters is 1. The Morgan fingerprint density at radius 2 is 2.33 bits per heavy atom. The lowest BCUT2D eigenvalue weighted by molar-refractivity contribution is 0.0600. The summed E-state index contributed by atoms with van der Waals surface area (Å²) in [6.45, 7) is 2.44. The van der Waals surface area contributed by atoms with Crippen LogP contribution in [-0.2, 0) is 18.3 Å². The van der Waals surface area contributed by atoms with Crippen molar-refractivity contribution in [1.29, 1.82) is 0 Å². The largest absolute Gasteiger partial charge is 0.467 e. The summed E-state index contributed by atoms with van der Waals surface area (Å²) in [5, 5.41) is 7.37. The first-order valence-electron chi connectivity index (χ1n) is 5.50. The second-order valence-corrected chi connectivity index (χ2v) is 3.94. The predicted molar refractivity (Wildman–Crippen MR) is 65.3 cm³/mol. The topological polar surface area (TPSA) is 69.3 Å². The van der Waals surface area contributed by atoms with Gasteiger partial charge in [0.15, 0.2) is 0 Å². The summed E-state index contributed by atoms with van der Waals surface area (Å²) in [6, 6.07) is 3.58. The SMILES string of the molecule is COC(=O)c1coc(CNc2cc(C)n(C)n2)c1. The molecule has 0 saturated heterocycles. The van der Waals surface area contributed by atoms with Gasteiger partial charge in [-0.15, -0.1) is 0 Å². The van der Waals surface area contributed by atoms with Crippen LogP contribution >= 0.6 is 0 Å². The fourth-order valence-electron chi connectivity index (χ4n) is 1.52. The van der Waals surface area contributed by atoms with Crippen LogP contribution in [0.2, 0.25) is 0 Å². The van der Waals surface area contributed by atoms with E-state index >= 15 is 0 Å². The number of hydrogen-bond acceptors (Lipinski definition) is 5. The zero-order valence-electron chi connectivity index (χ0n) is 10.6. The number of furan rings is 1. The maximum absolute atomic E-state index is 11.2. The highest BCUT2D eigenvalue weighted by Crippen LogP contribution is 2.12. The van der Waals surface area contributed by atoms with Crippen molar-refractivity contribution in [3.63, 3.8) is 0 Å². The van der Waals surface area contributed by atoms with E-state index in [1.807, 2.05) is 20.0 Å². The number of aryl methyl sites for hydroxylation is 2. The second kappa shape index (κ2) is 4.95. The Labute approximate surface area is 105 Å². The Bertz CT molecular complexity index is 537. The molecule has 0 amide bonds. The van der Waals surface area contributed by atoms with E-state index in [4.69, 9.17) is 4.42 Å². The monoisotopic (exact) mass is 249 g/mol. The van der Waals surface area contributed by atoms with Crippen molar-refractivity contribution in [1.82, 2.24) is 9.78 Å². The minimum absolute atomic E-state index is 0.404. The van der Waals surface area contributed by atoms with Crippen LogP contribution in [0.4, 0.5) is 5.82 Å². The highest BCUT2D eigenvalue weighted by molar-refractivity contribution is 5.88. The van der Waals surface area contributed by atoms with E-state index in [1.54, 1.807) is 10.7 Å². The fraction of sp³-hybridized carbons (Fsp3) is 0.333. The lowest BCUT2D eigenvalue weighted by atomic mass is 10.3. The molecule has 6 nitrogen and oxygen atoms in total. The molecular formula is C12H15N3O3. The number of nitrogens with zero attached hydrogens (tertiary/aromatic N) is 2. The molecule has 0 aliphatic carbocycles. The summed E-state index contributed by atoms with van der Waals surface area (Å²) in [6.07, 6.45) is 1.38. The molecule has 6 heteroatoms. The molecule has 0 saturated carbocycles. The maximum atomic E-state index is 11.2. The van der Waals surface area contributed by atoms with Crippen molar-refractivity contribution in [2.24, 2.45) is 7.05 Å². The minimum atomic E-state index is -0.404. The van der Waals surface area contributed by atoms with Gasteiger partial charge < -0.3 is 14.5 Å². The molecule has 18 heavy (non-hydrogen) atoms. The molecule has 0 unspecified atom stereocenters. The number of anilines is 1. The fourth-order valence-corrected chi connectivity index (χ4v) is 1.52. The molecule has 0 aromatic carbocycles. The van der Waals surface area contributed by atoms with Gasteiger partial charge in [-0.25, -0.2) is 4.79 Å². The molecule has 0 radical (unpaired) electrons. The van der Waals surface area contributed by atoms with Crippen LogP contribution in [0.3, 0.4) is 0 Å². The van der Waals surface area contributed by atoms with E-state index in [1.165, 1.54) is 13.4 Å². The third-order valence-electron chi connectivity index (χ3n) is 2.63. The third kappa shape index (κ3) is 2.53. The van der Waals surface area contributed by atoms with Gasteiger partial charge in [-0.2, -0.15) is 5.10 Å². The molecule has 2 rings (SSSR count). The molecule has 2 heterocycles. The lowest BCUT2D eigenvalue weighted by Crippen LogP contribution is -2.01. The summed E-state index contributed by atoms with van der Waals surface area (Å²) >= 11 is 0. The molecule has 0 atom stereocenters. The average Bonchev–Trinajstić information content (AvgIpc) is 2.94. The molecule has 0 spiro atoms. The normalized spacial score (nSPS) is 10.4. The Hall–Kier alpha value is -2.24. The number of carbonyl (C=O) groups is 1. The van der Waals surface area contributed by atoms with Crippen LogP contribution in [0.25, 0.3) is 0 Å². The Kier molecular flexibility index (Phi) is 3.36. The van der Waals surface area contributed by atoms with Crippen molar-refractivity contribution in [2.45, 2.75) is 13.5 Å². The van der Waals surface area contributed by atoms with Crippen LogP contribution in [-0.4, -0.2) is 22.9 Å². The van der Waals surface area contributed by atoms with Gasteiger partial charge in [0.2, 0.25) is 0 Å². The molecule has 0 aliphatic rings. The Morgan fingerprint density at radius 1 is 1.56 bits per heavy atom. The molecule has 2 aromatic rings. The number of carbonyl (C=O) groups excluding carboxylic acids is 1. The number of ether oxygens (including phenoxy) is 1. The van der Waals surface area contributed by atoms with Gasteiger partial charge in [0.25, 0.3) is 0 Å². The predicted octanol–water partition coefficient (Wildman–Crippen LogP) is 1.72. The van der Waals surface area contributed by atoms with Crippen LogP contribution in [0.1, 0.15) is 21.8 Å². The highest BCUT2D eigenvalue weighted by atomic mass is 16.5. The van der Waals surface area contributed by atoms with Crippen LogP contribution in [0.5, 0.6) is 0 Å². The highest BCUT2D eigenvalue weighted by Gasteiger charge is 2.10. The van der Waals surface area contributed by atoms with Crippen molar-refractivity contribution >= 4 is 11.8 Å². The zero-order chi connectivity index (χ0) is 13.1. The summed E-state index contributed by atoms with van der Waals surface area (Å²) in [5.41, 5.74) is 1.47. The molecular weight excluding hydrogens is 234 g/mol. The average molecular weight is 249 g/mol. The van der Waals surface area contributed by atoms with Gasteiger partial charge in [-0.3, -0.25) is 4.68 Å². The first-order chi connectivity index (χ1) is 8.60. The van der Waals surface area contributed by atoms with E-state index in [9.17, 15) is 4.79 Å². The van der Waals surface area contributed by atoms with Gasteiger partial charge in [0.05, 0.1) is 19.2 Å². The van der Waals surface area contributed by atoms with Crippen molar-refractivity contribution < 1.29 is 13.9 Å². The van der Waals surface area contributed by atoms with Gasteiger partial charge >= 0.3 is 5.97 Å². The first kappa shape index (κ1) is 12.2. The Morgan fingerprint density at radius 3 is 2.94 bits per heavy atom. The summed E-state index contributed by atoms with van der Waals surface area (Å²) in [4.78, 5) is 11.2. The summed E-state index contributed by atoms with van der Waals surface area (Å²) in [7, 11) is 3.21. The maximum Gasteiger partial charge on any atom is 0.341 e. The molecule has 1 N–H and O–H groups in total. The molecule has 0 bridgehead atoms. The van der Waals surface area contributed by atoms with Crippen molar-refractivity contribution in [3.8, 4) is 0 Å². The quantitative estimate of drug-likeness (QED) is 0.835. The smallest absolute Gasteiger partial charge is 0.341 e. The number of hydrogen-bond donors (Lipinski definition) is 1. The lowest BCUT2D eigenvalue weighted by Gasteiger charge is -1.98. The van der Waals surface area contributed by atoms with E-state index in [2.05, 4.69) is 15.2 Å². The number of rotatable bonds is 4. The van der Waals surface area contributed by atoms with Crippen molar-refractivity contribution in [2.75, 3.05) is 12.4 Å². The van der Waals surface area contributed by atoms with Gasteiger partial charge in [0, 0.05) is 18.8 Å². The molecule has 0 aliphatic heterocycles. The first-order valence-corrected chi connectivity index (χ1v) is 5.50. The number of nitrogens with one attached hydrogen (secondary N) is 1. The van der Waals surface area contributed by atoms with E-state index in [-0.39, 0.29) is 0 Å². The van der Waals surface area contributed by atoms with E-state index in [0.717, 1.165) is 11.5 Å². The van der Waals surface area contributed by atoms with Gasteiger partial charge in [0.1, 0.15) is 17.8 Å². The second-order valence-electron chi connectivity index (χ2n) is 3.94. The standard InChI is InChI=1S/C12H15N3O3/c1-8-4-11(14-15(8)2)13-6-10-5-9(7-18-10)12(16)17-3/h4-5,7H,6H2,1-3H3,(H,13,14).